The van der Waals surface area contributed by atoms with Gasteiger partial charge in [0.2, 0.25) is 0 Å². The Hall–Kier alpha value is -2.92. The van der Waals surface area contributed by atoms with Gasteiger partial charge in [-0.2, -0.15) is 0 Å². The maximum Gasteiger partial charge on any atom is 0.152 e. The summed E-state index contributed by atoms with van der Waals surface area (Å²) in [5.74, 6) is 1.61. The van der Waals surface area contributed by atoms with Gasteiger partial charge in [-0.1, -0.05) is 82.0 Å². The number of hydrogen-bond acceptors (Lipinski definition) is 4. The number of imidazole rings is 1. The van der Waals surface area contributed by atoms with Crippen LogP contribution in [0.4, 0.5) is 5.82 Å². The molecule has 174 valence electrons. The summed E-state index contributed by atoms with van der Waals surface area (Å²) in [6, 6.07) is 17.2. The fourth-order valence-corrected chi connectivity index (χ4v) is 4.46. The van der Waals surface area contributed by atoms with Crippen LogP contribution in [0.15, 0.2) is 48.5 Å². The van der Waals surface area contributed by atoms with Crippen molar-refractivity contribution in [3.05, 3.63) is 65.5 Å². The molecule has 4 aromatic rings. The molecule has 2 aromatic carbocycles. The van der Waals surface area contributed by atoms with Crippen LogP contribution in [0.1, 0.15) is 69.3 Å². The number of anilines is 1. The van der Waals surface area contributed by atoms with E-state index in [1.165, 1.54) is 36.8 Å². The van der Waals surface area contributed by atoms with Gasteiger partial charge in [-0.15, -0.1) is 0 Å². The summed E-state index contributed by atoms with van der Waals surface area (Å²) >= 11 is 0. The van der Waals surface area contributed by atoms with Crippen molar-refractivity contribution >= 4 is 27.8 Å². The number of rotatable bonds is 12. The van der Waals surface area contributed by atoms with E-state index in [2.05, 4.69) is 65.1 Å². The highest BCUT2D eigenvalue weighted by atomic mass is 15.1. The quantitative estimate of drug-likeness (QED) is 0.255. The molecule has 0 saturated heterocycles. The van der Waals surface area contributed by atoms with Crippen LogP contribution in [0.3, 0.4) is 0 Å². The first-order valence-electron chi connectivity index (χ1n) is 12.5. The topological polar surface area (TPSA) is 68.8 Å². The molecule has 0 atom stereocenters. The molecule has 0 aliphatic carbocycles. The van der Waals surface area contributed by atoms with Crippen molar-refractivity contribution in [3.63, 3.8) is 0 Å². The molecule has 0 fully saturated rings. The van der Waals surface area contributed by atoms with E-state index in [0.717, 1.165) is 66.7 Å². The van der Waals surface area contributed by atoms with Crippen molar-refractivity contribution in [1.82, 2.24) is 19.9 Å². The third-order valence-electron chi connectivity index (χ3n) is 6.34. The zero-order valence-electron chi connectivity index (χ0n) is 20.1. The molecule has 0 amide bonds. The Morgan fingerprint density at radius 3 is 2.39 bits per heavy atom. The minimum atomic E-state index is 0.514. The third kappa shape index (κ3) is 5.53. The van der Waals surface area contributed by atoms with Gasteiger partial charge in [-0.05, 0) is 36.6 Å². The highest BCUT2D eigenvalue weighted by Crippen LogP contribution is 2.30. The van der Waals surface area contributed by atoms with E-state index in [9.17, 15) is 0 Å². The average Bonchev–Trinajstić information content (AvgIpc) is 3.20. The smallest absolute Gasteiger partial charge is 0.152 e. The van der Waals surface area contributed by atoms with Crippen LogP contribution in [-0.2, 0) is 19.5 Å². The minimum Gasteiger partial charge on any atom is -0.382 e. The molecule has 0 unspecified atom stereocenters. The molecular weight excluding hydrogens is 406 g/mol. The molecule has 0 aliphatic heterocycles. The van der Waals surface area contributed by atoms with Crippen molar-refractivity contribution < 1.29 is 0 Å². The van der Waals surface area contributed by atoms with Crippen LogP contribution in [0, 0.1) is 0 Å². The zero-order chi connectivity index (χ0) is 23.0. The SMILES string of the molecule is CCCCCCNCc1ccc(Cn2c(CCCC)nc3c(N)nc4ccccc4c32)cc1. The second kappa shape index (κ2) is 11.3. The van der Waals surface area contributed by atoms with Gasteiger partial charge in [0, 0.05) is 24.9 Å². The fourth-order valence-electron chi connectivity index (χ4n) is 4.46. The lowest BCUT2D eigenvalue weighted by molar-refractivity contribution is 0.598. The number of aryl methyl sites for hydroxylation is 1. The fraction of sp³-hybridized carbons (Fsp3) is 0.429. The summed E-state index contributed by atoms with van der Waals surface area (Å²) in [6.45, 7) is 7.27. The highest BCUT2D eigenvalue weighted by Gasteiger charge is 2.17. The van der Waals surface area contributed by atoms with Crippen molar-refractivity contribution in [2.45, 2.75) is 71.9 Å². The van der Waals surface area contributed by atoms with E-state index in [1.54, 1.807) is 0 Å². The van der Waals surface area contributed by atoms with Gasteiger partial charge in [-0.25, -0.2) is 9.97 Å². The zero-order valence-corrected chi connectivity index (χ0v) is 20.1. The number of fused-ring (bicyclic) bond motifs is 3. The van der Waals surface area contributed by atoms with Crippen LogP contribution in [0.25, 0.3) is 21.9 Å². The lowest BCUT2D eigenvalue weighted by Crippen LogP contribution is -2.14. The maximum atomic E-state index is 6.34. The summed E-state index contributed by atoms with van der Waals surface area (Å²) in [5, 5.41) is 4.68. The predicted molar refractivity (Wildman–Crippen MR) is 139 cm³/mol. The van der Waals surface area contributed by atoms with E-state index < -0.39 is 0 Å². The molecule has 5 nitrogen and oxygen atoms in total. The van der Waals surface area contributed by atoms with Gasteiger partial charge in [0.05, 0.1) is 11.0 Å². The molecule has 3 N–H and O–H groups in total. The number of nitrogens with one attached hydrogen (secondary N) is 1. The number of unbranched alkanes of at least 4 members (excludes halogenated alkanes) is 4. The lowest BCUT2D eigenvalue weighted by atomic mass is 10.1. The monoisotopic (exact) mass is 443 g/mol. The van der Waals surface area contributed by atoms with E-state index in [4.69, 9.17) is 10.7 Å². The first-order chi connectivity index (χ1) is 16.2. The maximum absolute atomic E-state index is 6.34. The second-order valence-electron chi connectivity index (χ2n) is 8.98. The summed E-state index contributed by atoms with van der Waals surface area (Å²) in [4.78, 5) is 9.55. The largest absolute Gasteiger partial charge is 0.382 e. The van der Waals surface area contributed by atoms with E-state index in [-0.39, 0.29) is 0 Å². The van der Waals surface area contributed by atoms with E-state index >= 15 is 0 Å². The normalized spacial score (nSPS) is 11.6. The summed E-state index contributed by atoms with van der Waals surface area (Å²) in [5.41, 5.74) is 11.8. The van der Waals surface area contributed by atoms with Crippen molar-refractivity contribution in [1.29, 1.82) is 0 Å². The van der Waals surface area contributed by atoms with Crippen molar-refractivity contribution in [2.24, 2.45) is 0 Å². The molecule has 0 aliphatic rings. The second-order valence-corrected chi connectivity index (χ2v) is 8.98. The first-order valence-corrected chi connectivity index (χ1v) is 12.5. The van der Waals surface area contributed by atoms with Gasteiger partial charge in [-0.3, -0.25) is 0 Å². The van der Waals surface area contributed by atoms with Gasteiger partial charge < -0.3 is 15.6 Å². The van der Waals surface area contributed by atoms with Gasteiger partial charge in [0.1, 0.15) is 11.3 Å². The van der Waals surface area contributed by atoms with Crippen LogP contribution in [-0.4, -0.2) is 21.1 Å². The Morgan fingerprint density at radius 1 is 0.848 bits per heavy atom. The standard InChI is InChI=1S/C28H37N5/c1-3-5-7-10-18-30-19-21-14-16-22(17-15-21)20-33-25(13-6-4-2)32-26-27(33)23-11-8-9-12-24(23)31-28(26)29/h8-9,11-12,14-17,30H,3-7,10,13,18-20H2,1-2H3,(H2,29,31). The van der Waals surface area contributed by atoms with Crippen LogP contribution >= 0.6 is 0 Å². The Balaban J connectivity index is 1.57. The van der Waals surface area contributed by atoms with Gasteiger partial charge in [0.25, 0.3) is 0 Å². The number of aromatic nitrogens is 3. The molecule has 4 rings (SSSR count). The molecular formula is C28H37N5. The molecule has 2 heterocycles. The number of nitrogens with two attached hydrogens (primary N) is 1. The minimum absolute atomic E-state index is 0.514. The molecule has 2 aromatic heterocycles. The van der Waals surface area contributed by atoms with Gasteiger partial charge >= 0.3 is 0 Å². The third-order valence-corrected chi connectivity index (χ3v) is 6.34. The highest BCUT2D eigenvalue weighted by molar-refractivity contribution is 6.06. The number of para-hydroxylation sites is 1. The van der Waals surface area contributed by atoms with E-state index in [0.29, 0.717) is 5.82 Å². The summed E-state index contributed by atoms with van der Waals surface area (Å²) < 4.78 is 2.35. The van der Waals surface area contributed by atoms with Gasteiger partial charge in [0.15, 0.2) is 5.82 Å². The summed E-state index contributed by atoms with van der Waals surface area (Å²) in [6.07, 6.45) is 8.38. The number of benzene rings is 2. The number of nitrogens with zero attached hydrogens (tertiary/aromatic N) is 3. The molecule has 33 heavy (non-hydrogen) atoms. The Bertz CT molecular complexity index is 1180. The molecule has 0 bridgehead atoms. The lowest BCUT2D eigenvalue weighted by Gasteiger charge is -2.12. The average molecular weight is 444 g/mol. The number of pyridine rings is 1. The predicted octanol–water partition coefficient (Wildman–Crippen LogP) is 6.23. The molecule has 5 heteroatoms. The van der Waals surface area contributed by atoms with Crippen molar-refractivity contribution in [3.8, 4) is 0 Å². The molecule has 0 radical (unpaired) electrons. The van der Waals surface area contributed by atoms with Crippen LogP contribution in [0.5, 0.6) is 0 Å². The van der Waals surface area contributed by atoms with E-state index in [1.807, 2.05) is 12.1 Å². The van der Waals surface area contributed by atoms with Crippen LogP contribution < -0.4 is 11.1 Å². The molecule has 0 spiro atoms. The summed E-state index contributed by atoms with van der Waals surface area (Å²) in [7, 11) is 0. The Morgan fingerprint density at radius 2 is 1.61 bits per heavy atom. The van der Waals surface area contributed by atoms with Crippen molar-refractivity contribution in [2.75, 3.05) is 12.3 Å². The first kappa shape index (κ1) is 23.2. The number of hydrogen-bond donors (Lipinski definition) is 2. The molecule has 0 saturated carbocycles. The Kier molecular flexibility index (Phi) is 7.95. The van der Waals surface area contributed by atoms with Crippen LogP contribution in [0.2, 0.25) is 0 Å². The number of nitrogen functional groups attached to an aromatic ring is 1. The Labute approximate surface area is 197 Å².